The standard InChI is InChI=1S/C18H20BrN3O.2ClH/c1-11-8-16(15-9-12(19)2-5-17(15)20-11)18(23)22-7-6-13-3-4-14(10-22)21-13;;/h2,5,8-9,13-14,21H,3-4,6-7,10H2,1H3;2*1H. The zero-order valence-corrected chi connectivity index (χ0v) is 17.2. The van der Waals surface area contributed by atoms with Crippen molar-refractivity contribution in [2.75, 3.05) is 13.1 Å². The molecule has 2 atom stereocenters. The van der Waals surface area contributed by atoms with E-state index in [0.29, 0.717) is 12.1 Å². The number of rotatable bonds is 1. The minimum atomic E-state index is 0. The molecule has 2 aliphatic rings. The van der Waals surface area contributed by atoms with Gasteiger partial charge in [-0.2, -0.15) is 0 Å². The molecule has 7 heteroatoms. The first kappa shape index (κ1) is 20.4. The lowest BCUT2D eigenvalue weighted by molar-refractivity contribution is 0.0750. The van der Waals surface area contributed by atoms with Crippen LogP contribution >= 0.6 is 40.7 Å². The van der Waals surface area contributed by atoms with E-state index < -0.39 is 0 Å². The van der Waals surface area contributed by atoms with Gasteiger partial charge in [-0.3, -0.25) is 9.78 Å². The summed E-state index contributed by atoms with van der Waals surface area (Å²) in [6, 6.07) is 8.90. The van der Waals surface area contributed by atoms with E-state index in [1.807, 2.05) is 36.1 Å². The SMILES string of the molecule is Cc1cc(C(=O)N2CCC3CCC(C2)N3)c2cc(Br)ccc2n1.Cl.Cl. The monoisotopic (exact) mass is 445 g/mol. The molecule has 2 bridgehead atoms. The van der Waals surface area contributed by atoms with E-state index in [9.17, 15) is 4.79 Å². The third-order valence-corrected chi connectivity index (χ3v) is 5.43. The first-order valence-corrected chi connectivity index (χ1v) is 9.02. The van der Waals surface area contributed by atoms with Crippen LogP contribution in [0.3, 0.4) is 0 Å². The minimum absolute atomic E-state index is 0. The Morgan fingerprint density at radius 1 is 1.20 bits per heavy atom. The Balaban J connectivity index is 0.00000113. The van der Waals surface area contributed by atoms with Crippen LogP contribution in [0.5, 0.6) is 0 Å². The van der Waals surface area contributed by atoms with Crippen molar-refractivity contribution in [3.05, 3.63) is 40.0 Å². The fourth-order valence-electron chi connectivity index (χ4n) is 3.81. The van der Waals surface area contributed by atoms with E-state index in [4.69, 9.17) is 0 Å². The summed E-state index contributed by atoms with van der Waals surface area (Å²) in [5, 5.41) is 4.56. The zero-order chi connectivity index (χ0) is 16.0. The summed E-state index contributed by atoms with van der Waals surface area (Å²) in [5.41, 5.74) is 2.54. The van der Waals surface area contributed by atoms with Crippen molar-refractivity contribution < 1.29 is 4.79 Å². The molecule has 0 aliphatic carbocycles. The average Bonchev–Trinajstić information content (AvgIpc) is 2.85. The van der Waals surface area contributed by atoms with E-state index in [1.54, 1.807) is 0 Å². The van der Waals surface area contributed by atoms with Crippen LogP contribution in [-0.4, -0.2) is 41.0 Å². The summed E-state index contributed by atoms with van der Waals surface area (Å²) < 4.78 is 0.973. The van der Waals surface area contributed by atoms with E-state index >= 15 is 0 Å². The highest BCUT2D eigenvalue weighted by molar-refractivity contribution is 9.10. The zero-order valence-electron chi connectivity index (χ0n) is 14.0. The maximum atomic E-state index is 13.2. The highest BCUT2D eigenvalue weighted by Gasteiger charge is 2.32. The van der Waals surface area contributed by atoms with E-state index in [0.717, 1.165) is 46.1 Å². The topological polar surface area (TPSA) is 45.2 Å². The molecule has 0 radical (unpaired) electrons. The predicted molar refractivity (Wildman–Crippen MR) is 109 cm³/mol. The number of carbonyl (C=O) groups is 1. The van der Waals surface area contributed by atoms with Crippen molar-refractivity contribution in [2.45, 2.75) is 38.3 Å². The third kappa shape index (κ3) is 4.11. The summed E-state index contributed by atoms with van der Waals surface area (Å²) in [6.45, 7) is 3.60. The van der Waals surface area contributed by atoms with Crippen molar-refractivity contribution in [3.8, 4) is 0 Å². The highest BCUT2D eigenvalue weighted by Crippen LogP contribution is 2.26. The second-order valence-electron chi connectivity index (χ2n) is 6.65. The molecule has 2 saturated heterocycles. The number of pyridine rings is 1. The highest BCUT2D eigenvalue weighted by atomic mass is 79.9. The predicted octanol–water partition coefficient (Wildman–Crippen LogP) is 4.12. The molecule has 4 nitrogen and oxygen atoms in total. The van der Waals surface area contributed by atoms with Gasteiger partial charge < -0.3 is 10.2 Å². The largest absolute Gasteiger partial charge is 0.337 e. The molecular weight excluding hydrogens is 425 g/mol. The summed E-state index contributed by atoms with van der Waals surface area (Å²) in [6.07, 6.45) is 3.47. The lowest BCUT2D eigenvalue weighted by Gasteiger charge is -2.25. The number of aromatic nitrogens is 1. The minimum Gasteiger partial charge on any atom is -0.337 e. The molecule has 4 rings (SSSR count). The lowest BCUT2D eigenvalue weighted by atomic mass is 10.0. The van der Waals surface area contributed by atoms with E-state index in [-0.39, 0.29) is 30.7 Å². The van der Waals surface area contributed by atoms with Crippen LogP contribution in [0.15, 0.2) is 28.7 Å². The van der Waals surface area contributed by atoms with Gasteiger partial charge in [-0.1, -0.05) is 15.9 Å². The molecule has 25 heavy (non-hydrogen) atoms. The second kappa shape index (κ2) is 8.21. The quantitative estimate of drug-likeness (QED) is 0.716. The van der Waals surface area contributed by atoms with Crippen LogP contribution in [0.2, 0.25) is 0 Å². The van der Waals surface area contributed by atoms with Crippen molar-refractivity contribution >= 4 is 57.6 Å². The fourth-order valence-corrected chi connectivity index (χ4v) is 4.17. The summed E-state index contributed by atoms with van der Waals surface area (Å²) >= 11 is 3.51. The molecule has 2 unspecified atom stereocenters. The van der Waals surface area contributed by atoms with Gasteiger partial charge in [-0.15, -0.1) is 24.8 Å². The molecule has 1 amide bonds. The maximum Gasteiger partial charge on any atom is 0.254 e. The second-order valence-corrected chi connectivity index (χ2v) is 7.57. The molecule has 0 saturated carbocycles. The first-order valence-electron chi connectivity index (χ1n) is 8.22. The first-order chi connectivity index (χ1) is 11.1. The summed E-state index contributed by atoms with van der Waals surface area (Å²) in [7, 11) is 0. The number of likely N-dealkylation sites (tertiary alicyclic amines) is 1. The van der Waals surface area contributed by atoms with Gasteiger partial charge >= 0.3 is 0 Å². The van der Waals surface area contributed by atoms with Gasteiger partial charge in [0.2, 0.25) is 0 Å². The number of hydrogen-bond donors (Lipinski definition) is 1. The molecule has 1 aromatic heterocycles. The van der Waals surface area contributed by atoms with Crippen LogP contribution in [0.1, 0.15) is 35.3 Å². The van der Waals surface area contributed by atoms with Gasteiger partial charge in [-0.25, -0.2) is 0 Å². The maximum absolute atomic E-state index is 13.2. The van der Waals surface area contributed by atoms with Gasteiger partial charge in [0.25, 0.3) is 5.91 Å². The Kier molecular flexibility index (Phi) is 6.71. The molecule has 2 fully saturated rings. The van der Waals surface area contributed by atoms with Gasteiger partial charge in [0.1, 0.15) is 0 Å². The number of amides is 1. The number of aryl methyl sites for hydroxylation is 1. The van der Waals surface area contributed by atoms with Crippen molar-refractivity contribution in [1.29, 1.82) is 0 Å². The molecule has 3 heterocycles. The van der Waals surface area contributed by atoms with Crippen molar-refractivity contribution in [2.24, 2.45) is 0 Å². The summed E-state index contributed by atoms with van der Waals surface area (Å²) in [4.78, 5) is 19.7. The van der Waals surface area contributed by atoms with Crippen LogP contribution < -0.4 is 5.32 Å². The van der Waals surface area contributed by atoms with Crippen LogP contribution in [0, 0.1) is 6.92 Å². The molecule has 1 N–H and O–H groups in total. The van der Waals surface area contributed by atoms with Crippen molar-refractivity contribution in [1.82, 2.24) is 15.2 Å². The normalized spacial score (nSPS) is 22.1. The lowest BCUT2D eigenvalue weighted by Crippen LogP contribution is -2.39. The number of nitrogens with zero attached hydrogens (tertiary/aromatic N) is 2. The molecule has 136 valence electrons. The number of hydrogen-bond acceptors (Lipinski definition) is 3. The van der Waals surface area contributed by atoms with Crippen LogP contribution in [0.25, 0.3) is 10.9 Å². The van der Waals surface area contributed by atoms with Crippen LogP contribution in [-0.2, 0) is 0 Å². The number of benzene rings is 1. The number of fused-ring (bicyclic) bond motifs is 3. The smallest absolute Gasteiger partial charge is 0.254 e. The molecule has 2 aliphatic heterocycles. The number of nitrogens with one attached hydrogen (secondary N) is 1. The Morgan fingerprint density at radius 3 is 2.76 bits per heavy atom. The van der Waals surface area contributed by atoms with Crippen molar-refractivity contribution in [3.63, 3.8) is 0 Å². The Bertz CT molecular complexity index is 786. The van der Waals surface area contributed by atoms with Gasteiger partial charge in [-0.05, 0) is 50.5 Å². The molecule has 1 aromatic carbocycles. The Labute approximate surface area is 168 Å². The third-order valence-electron chi connectivity index (χ3n) is 4.94. The van der Waals surface area contributed by atoms with Crippen LogP contribution in [0.4, 0.5) is 0 Å². The number of carbonyl (C=O) groups excluding carboxylic acids is 1. The molecule has 2 aromatic rings. The van der Waals surface area contributed by atoms with Gasteiger partial charge in [0, 0.05) is 40.7 Å². The van der Waals surface area contributed by atoms with E-state index in [2.05, 4.69) is 26.2 Å². The van der Waals surface area contributed by atoms with Gasteiger partial charge in [0.15, 0.2) is 0 Å². The van der Waals surface area contributed by atoms with E-state index in [1.165, 1.54) is 12.8 Å². The summed E-state index contributed by atoms with van der Waals surface area (Å²) in [5.74, 6) is 0.132. The van der Waals surface area contributed by atoms with Gasteiger partial charge in [0.05, 0.1) is 11.1 Å². The average molecular weight is 447 g/mol. The fraction of sp³-hybridized carbons (Fsp3) is 0.444. The molecule has 0 spiro atoms. The number of halogens is 3. The Hall–Kier alpha value is -0.880. The Morgan fingerprint density at radius 2 is 1.96 bits per heavy atom. The molecular formula is C18H22BrCl2N3O.